The van der Waals surface area contributed by atoms with Crippen LogP contribution in [-0.2, 0) is 0 Å². The first-order valence-electron chi connectivity index (χ1n) is 8.28. The number of nitrogens with two attached hydrogens (primary N) is 1. The van der Waals surface area contributed by atoms with E-state index in [4.69, 9.17) is 5.73 Å². The molecule has 5 nitrogen and oxygen atoms in total. The molecule has 0 saturated carbocycles. The summed E-state index contributed by atoms with van der Waals surface area (Å²) in [5.74, 6) is -0.212. The van der Waals surface area contributed by atoms with Gasteiger partial charge in [-0.25, -0.2) is 0 Å². The molecule has 0 spiro atoms. The molecule has 0 aromatic heterocycles. The van der Waals surface area contributed by atoms with E-state index in [1.54, 1.807) is 24.3 Å². The molecule has 0 atom stereocenters. The summed E-state index contributed by atoms with van der Waals surface area (Å²) < 4.78 is 0. The van der Waals surface area contributed by atoms with E-state index in [9.17, 15) is 9.59 Å². The quantitative estimate of drug-likeness (QED) is 0.572. The predicted octanol–water partition coefficient (Wildman–Crippen LogP) is 1.65. The Morgan fingerprint density at radius 2 is 1.61 bits per heavy atom. The fraction of sp³-hybridized carbons (Fsp3) is 0.444. The van der Waals surface area contributed by atoms with Crippen molar-refractivity contribution in [3.8, 4) is 0 Å². The van der Waals surface area contributed by atoms with Crippen LogP contribution >= 0.6 is 0 Å². The predicted molar refractivity (Wildman–Crippen MR) is 91.6 cm³/mol. The maximum Gasteiger partial charge on any atom is 0.209 e. The van der Waals surface area contributed by atoms with Crippen LogP contribution in [0.15, 0.2) is 36.0 Å². The highest BCUT2D eigenvalue weighted by Crippen LogP contribution is 2.19. The van der Waals surface area contributed by atoms with Crippen molar-refractivity contribution in [2.45, 2.75) is 25.7 Å². The van der Waals surface area contributed by atoms with Crippen molar-refractivity contribution in [3.63, 3.8) is 0 Å². The number of allylic oxidation sites excluding steroid dienone is 2. The van der Waals surface area contributed by atoms with E-state index in [1.165, 1.54) is 6.08 Å². The monoisotopic (exact) mass is 315 g/mol. The second-order valence-corrected chi connectivity index (χ2v) is 5.68. The van der Waals surface area contributed by atoms with E-state index in [0.717, 1.165) is 45.3 Å². The number of rotatable bonds is 10. The molecule has 0 heterocycles. The van der Waals surface area contributed by atoms with Gasteiger partial charge in [0.2, 0.25) is 5.78 Å². The molecule has 2 rings (SSSR count). The van der Waals surface area contributed by atoms with Gasteiger partial charge >= 0.3 is 0 Å². The van der Waals surface area contributed by atoms with Crippen LogP contribution in [0.5, 0.6) is 0 Å². The molecule has 1 aliphatic carbocycles. The largest absolute Gasteiger partial charge is 0.382 e. The summed E-state index contributed by atoms with van der Waals surface area (Å²) in [5.41, 5.74) is 6.82. The molecule has 23 heavy (non-hydrogen) atoms. The Bertz CT molecular complexity index is 581. The number of fused-ring (bicyclic) bond motifs is 1. The van der Waals surface area contributed by atoms with Crippen molar-refractivity contribution in [1.29, 1.82) is 0 Å². The van der Waals surface area contributed by atoms with Gasteiger partial charge < -0.3 is 16.4 Å². The van der Waals surface area contributed by atoms with Gasteiger partial charge in [0.25, 0.3) is 0 Å². The third-order valence-electron chi connectivity index (χ3n) is 3.86. The van der Waals surface area contributed by atoms with Crippen molar-refractivity contribution in [2.75, 3.05) is 26.2 Å². The van der Waals surface area contributed by atoms with Crippen LogP contribution in [-0.4, -0.2) is 37.7 Å². The topological polar surface area (TPSA) is 84.2 Å². The molecule has 1 aromatic carbocycles. The first-order chi connectivity index (χ1) is 11.2. The van der Waals surface area contributed by atoms with Crippen molar-refractivity contribution in [1.82, 2.24) is 10.6 Å². The van der Waals surface area contributed by atoms with Gasteiger partial charge in [0, 0.05) is 23.7 Å². The normalized spacial score (nSPS) is 13.7. The minimum Gasteiger partial charge on any atom is -0.382 e. The maximum absolute atomic E-state index is 12.3. The Morgan fingerprint density at radius 3 is 2.39 bits per heavy atom. The first kappa shape index (κ1) is 17.4. The fourth-order valence-corrected chi connectivity index (χ4v) is 2.58. The maximum atomic E-state index is 12.3. The number of carbonyl (C=O) groups excluding carboxylic acids is 2. The smallest absolute Gasteiger partial charge is 0.209 e. The average molecular weight is 315 g/mol. The van der Waals surface area contributed by atoms with Crippen molar-refractivity contribution in [3.05, 3.63) is 47.2 Å². The number of unbranched alkanes of at least 4 members (excludes halogenated alkanes) is 2. The lowest BCUT2D eigenvalue weighted by Gasteiger charge is -2.16. The van der Waals surface area contributed by atoms with Gasteiger partial charge in [-0.2, -0.15) is 0 Å². The summed E-state index contributed by atoms with van der Waals surface area (Å²) in [6, 6.07) is 6.95. The van der Waals surface area contributed by atoms with E-state index in [0.29, 0.717) is 23.4 Å². The summed E-state index contributed by atoms with van der Waals surface area (Å²) in [6.07, 6.45) is 5.68. The zero-order valence-corrected chi connectivity index (χ0v) is 13.4. The lowest BCUT2D eigenvalue weighted by atomic mass is 9.93. The third kappa shape index (κ3) is 5.01. The average Bonchev–Trinajstić information content (AvgIpc) is 2.57. The van der Waals surface area contributed by atoms with Crippen LogP contribution in [0.1, 0.15) is 46.4 Å². The summed E-state index contributed by atoms with van der Waals surface area (Å²) in [5, 5.41) is 6.45. The number of benzene rings is 1. The molecule has 0 unspecified atom stereocenters. The summed E-state index contributed by atoms with van der Waals surface area (Å²) in [4.78, 5) is 24.3. The van der Waals surface area contributed by atoms with Crippen LogP contribution in [0, 0.1) is 0 Å². The molecule has 0 radical (unpaired) electrons. The Hall–Kier alpha value is -1.98. The van der Waals surface area contributed by atoms with Crippen LogP contribution in [0.3, 0.4) is 0 Å². The summed E-state index contributed by atoms with van der Waals surface area (Å²) in [7, 11) is 0. The van der Waals surface area contributed by atoms with Gasteiger partial charge in [0.05, 0.1) is 5.70 Å². The second-order valence-electron chi connectivity index (χ2n) is 5.68. The SMILES string of the molecule is NCCCCCNCCCNC1=CC(=O)c2ccccc2C1=O. The number of carbonyl (C=O) groups is 2. The van der Waals surface area contributed by atoms with Gasteiger partial charge in [0.1, 0.15) is 0 Å². The Balaban J connectivity index is 1.69. The van der Waals surface area contributed by atoms with Gasteiger partial charge in [-0.15, -0.1) is 0 Å². The van der Waals surface area contributed by atoms with E-state index in [-0.39, 0.29) is 11.6 Å². The van der Waals surface area contributed by atoms with Gasteiger partial charge in [-0.1, -0.05) is 30.7 Å². The fourth-order valence-electron chi connectivity index (χ4n) is 2.58. The van der Waals surface area contributed by atoms with E-state index in [1.807, 2.05) is 0 Å². The second kappa shape index (κ2) is 9.22. The Morgan fingerprint density at radius 1 is 0.870 bits per heavy atom. The Kier molecular flexibility index (Phi) is 6.97. The minimum atomic E-state index is -0.110. The molecule has 0 amide bonds. The van der Waals surface area contributed by atoms with Gasteiger partial charge in [-0.05, 0) is 38.9 Å². The zero-order chi connectivity index (χ0) is 16.5. The van der Waals surface area contributed by atoms with E-state index < -0.39 is 0 Å². The highest BCUT2D eigenvalue weighted by atomic mass is 16.1. The van der Waals surface area contributed by atoms with Crippen molar-refractivity contribution in [2.24, 2.45) is 5.73 Å². The third-order valence-corrected chi connectivity index (χ3v) is 3.86. The van der Waals surface area contributed by atoms with Crippen LogP contribution in [0.4, 0.5) is 0 Å². The molecule has 0 fully saturated rings. The minimum absolute atomic E-state index is 0.102. The molecule has 0 saturated heterocycles. The standard InChI is InChI=1S/C18H25N3O2/c19-9-4-1-5-10-20-11-6-12-21-16-13-17(22)14-7-2-3-8-15(14)18(16)23/h2-3,7-8,13,20-21H,1,4-6,9-12,19H2. The molecule has 5 heteroatoms. The number of hydrogen-bond donors (Lipinski definition) is 3. The van der Waals surface area contributed by atoms with Crippen LogP contribution in [0.2, 0.25) is 0 Å². The lowest BCUT2D eigenvalue weighted by Crippen LogP contribution is -2.29. The number of Topliss-reactive ketones (excluding diaryl/α,β-unsaturated/α-hetero) is 1. The van der Waals surface area contributed by atoms with E-state index >= 15 is 0 Å². The summed E-state index contributed by atoms with van der Waals surface area (Å²) >= 11 is 0. The lowest BCUT2D eigenvalue weighted by molar-refractivity contribution is 0.0978. The molecular formula is C18H25N3O2. The zero-order valence-electron chi connectivity index (χ0n) is 13.4. The molecule has 1 aliphatic rings. The van der Waals surface area contributed by atoms with Gasteiger partial charge in [-0.3, -0.25) is 9.59 Å². The van der Waals surface area contributed by atoms with Gasteiger partial charge in [0.15, 0.2) is 5.78 Å². The molecule has 1 aromatic rings. The van der Waals surface area contributed by atoms with Crippen molar-refractivity contribution >= 4 is 11.6 Å². The first-order valence-corrected chi connectivity index (χ1v) is 8.28. The van der Waals surface area contributed by atoms with Crippen molar-refractivity contribution < 1.29 is 9.59 Å². The Labute approximate surface area is 137 Å². The molecular weight excluding hydrogens is 290 g/mol. The molecule has 4 N–H and O–H groups in total. The van der Waals surface area contributed by atoms with Crippen LogP contribution in [0.25, 0.3) is 0 Å². The molecule has 124 valence electrons. The molecule has 0 bridgehead atoms. The number of hydrogen-bond acceptors (Lipinski definition) is 5. The van der Waals surface area contributed by atoms with Crippen LogP contribution < -0.4 is 16.4 Å². The summed E-state index contributed by atoms with van der Waals surface area (Å²) in [6.45, 7) is 3.31. The van der Waals surface area contributed by atoms with E-state index in [2.05, 4.69) is 10.6 Å². The highest BCUT2D eigenvalue weighted by Gasteiger charge is 2.24. The highest BCUT2D eigenvalue weighted by molar-refractivity contribution is 6.24. The number of nitrogens with one attached hydrogen (secondary N) is 2. The number of ketones is 2. The molecule has 0 aliphatic heterocycles.